The van der Waals surface area contributed by atoms with Crippen molar-refractivity contribution in [3.63, 3.8) is 0 Å². The molecule has 5 nitrogen and oxygen atoms in total. The fourth-order valence-electron chi connectivity index (χ4n) is 2.59. The third-order valence-electron chi connectivity index (χ3n) is 3.63. The van der Waals surface area contributed by atoms with E-state index in [2.05, 4.69) is 45.5 Å². The molecule has 0 atom stereocenters. The second-order valence-electron chi connectivity index (χ2n) is 5.32. The third kappa shape index (κ3) is 2.26. The van der Waals surface area contributed by atoms with Gasteiger partial charge in [-0.1, -0.05) is 41.1 Å². The normalized spacial score (nSPS) is 11.1. The van der Waals surface area contributed by atoms with Crippen molar-refractivity contribution in [3.8, 4) is 11.5 Å². The molecule has 5 heteroatoms. The fourth-order valence-corrected chi connectivity index (χ4v) is 2.59. The quantitative estimate of drug-likeness (QED) is 0.627. The molecule has 0 saturated heterocycles. The van der Waals surface area contributed by atoms with Crippen LogP contribution in [-0.2, 0) is 6.42 Å². The Morgan fingerprint density at radius 2 is 2.05 bits per heavy atom. The molecule has 4 rings (SSSR count). The summed E-state index contributed by atoms with van der Waals surface area (Å²) in [5.74, 6) is 1.20. The third-order valence-corrected chi connectivity index (χ3v) is 3.63. The SMILES string of the molecule is Cc1cccc(Cc2noc(-c3cccc4[nH]ncc34)n2)c1. The second-order valence-corrected chi connectivity index (χ2v) is 5.32. The van der Waals surface area contributed by atoms with Gasteiger partial charge in [0.25, 0.3) is 5.89 Å². The molecule has 0 aliphatic heterocycles. The smallest absolute Gasteiger partial charge is 0.258 e. The van der Waals surface area contributed by atoms with Crippen LogP contribution in [0, 0.1) is 6.92 Å². The molecule has 0 bridgehead atoms. The van der Waals surface area contributed by atoms with Gasteiger partial charge in [0.15, 0.2) is 5.82 Å². The number of fused-ring (bicyclic) bond motifs is 1. The van der Waals surface area contributed by atoms with E-state index in [9.17, 15) is 0 Å². The average molecular weight is 290 g/mol. The minimum atomic E-state index is 0.523. The lowest BCUT2D eigenvalue weighted by Crippen LogP contribution is -1.91. The van der Waals surface area contributed by atoms with E-state index in [0.717, 1.165) is 16.5 Å². The van der Waals surface area contributed by atoms with Gasteiger partial charge in [0.2, 0.25) is 0 Å². The summed E-state index contributed by atoms with van der Waals surface area (Å²) in [5, 5.41) is 12.1. The number of nitrogens with one attached hydrogen (secondary N) is 1. The molecule has 2 aromatic carbocycles. The van der Waals surface area contributed by atoms with E-state index in [1.807, 2.05) is 24.3 Å². The van der Waals surface area contributed by atoms with E-state index in [1.54, 1.807) is 6.20 Å². The number of rotatable bonds is 3. The van der Waals surface area contributed by atoms with Gasteiger partial charge in [-0.2, -0.15) is 10.1 Å². The van der Waals surface area contributed by atoms with Gasteiger partial charge in [0.05, 0.1) is 17.3 Å². The largest absolute Gasteiger partial charge is 0.334 e. The molecule has 0 spiro atoms. The summed E-state index contributed by atoms with van der Waals surface area (Å²) in [6.45, 7) is 2.07. The fraction of sp³-hybridized carbons (Fsp3) is 0.118. The number of nitrogens with zero attached hydrogens (tertiary/aromatic N) is 3. The highest BCUT2D eigenvalue weighted by atomic mass is 16.5. The first-order valence-corrected chi connectivity index (χ1v) is 7.10. The number of hydrogen-bond donors (Lipinski definition) is 1. The van der Waals surface area contributed by atoms with Gasteiger partial charge in [0.1, 0.15) is 0 Å². The van der Waals surface area contributed by atoms with E-state index < -0.39 is 0 Å². The Morgan fingerprint density at radius 1 is 1.14 bits per heavy atom. The van der Waals surface area contributed by atoms with Crippen molar-refractivity contribution < 1.29 is 4.52 Å². The predicted octanol–water partition coefficient (Wildman–Crippen LogP) is 3.51. The zero-order valence-corrected chi connectivity index (χ0v) is 12.1. The van der Waals surface area contributed by atoms with Gasteiger partial charge >= 0.3 is 0 Å². The maximum Gasteiger partial charge on any atom is 0.258 e. The first-order valence-electron chi connectivity index (χ1n) is 7.10. The zero-order valence-electron chi connectivity index (χ0n) is 12.1. The van der Waals surface area contributed by atoms with Gasteiger partial charge in [-0.25, -0.2) is 0 Å². The van der Waals surface area contributed by atoms with Crippen LogP contribution in [0.3, 0.4) is 0 Å². The van der Waals surface area contributed by atoms with Gasteiger partial charge in [-0.15, -0.1) is 0 Å². The molecule has 22 heavy (non-hydrogen) atoms. The van der Waals surface area contributed by atoms with Crippen LogP contribution in [0.5, 0.6) is 0 Å². The Labute approximate surface area is 127 Å². The Hall–Kier alpha value is -2.95. The van der Waals surface area contributed by atoms with Gasteiger partial charge < -0.3 is 4.52 Å². The minimum absolute atomic E-state index is 0.523. The van der Waals surface area contributed by atoms with E-state index in [-0.39, 0.29) is 0 Å². The molecule has 0 aliphatic carbocycles. The molecule has 0 unspecified atom stereocenters. The first kappa shape index (κ1) is 12.8. The Balaban J connectivity index is 1.68. The average Bonchev–Trinajstić information content (AvgIpc) is 3.15. The molecule has 2 heterocycles. The van der Waals surface area contributed by atoms with Gasteiger partial charge in [-0.3, -0.25) is 5.10 Å². The maximum absolute atomic E-state index is 5.43. The summed E-state index contributed by atoms with van der Waals surface area (Å²) in [7, 11) is 0. The van der Waals surface area contributed by atoms with Gasteiger partial charge in [0, 0.05) is 11.8 Å². The van der Waals surface area contributed by atoms with Crippen LogP contribution in [0.1, 0.15) is 17.0 Å². The van der Waals surface area contributed by atoms with Crippen LogP contribution in [0.2, 0.25) is 0 Å². The minimum Gasteiger partial charge on any atom is -0.334 e. The van der Waals surface area contributed by atoms with E-state index in [1.165, 1.54) is 11.1 Å². The number of aryl methyl sites for hydroxylation is 1. The van der Waals surface area contributed by atoms with Crippen molar-refractivity contribution in [1.29, 1.82) is 0 Å². The van der Waals surface area contributed by atoms with E-state index in [0.29, 0.717) is 18.1 Å². The van der Waals surface area contributed by atoms with Crippen LogP contribution in [0.15, 0.2) is 53.2 Å². The zero-order chi connectivity index (χ0) is 14.9. The molecule has 1 N–H and O–H groups in total. The first-order chi connectivity index (χ1) is 10.8. The number of aromatic amines is 1. The number of aromatic nitrogens is 4. The summed E-state index contributed by atoms with van der Waals surface area (Å²) >= 11 is 0. The maximum atomic E-state index is 5.43. The highest BCUT2D eigenvalue weighted by Crippen LogP contribution is 2.26. The second kappa shape index (κ2) is 5.11. The number of H-pyrrole nitrogens is 1. The molecule has 108 valence electrons. The van der Waals surface area contributed by atoms with Crippen molar-refractivity contribution in [1.82, 2.24) is 20.3 Å². The van der Waals surface area contributed by atoms with Gasteiger partial charge in [-0.05, 0) is 24.6 Å². The molecule has 0 amide bonds. The predicted molar refractivity (Wildman–Crippen MR) is 83.4 cm³/mol. The lowest BCUT2D eigenvalue weighted by atomic mass is 10.1. The Bertz CT molecular complexity index is 938. The summed E-state index contributed by atoms with van der Waals surface area (Å²) in [6.07, 6.45) is 2.43. The van der Waals surface area contributed by atoms with Crippen molar-refractivity contribution in [2.45, 2.75) is 13.3 Å². The van der Waals surface area contributed by atoms with Crippen LogP contribution >= 0.6 is 0 Å². The Morgan fingerprint density at radius 3 is 2.95 bits per heavy atom. The standard InChI is InChI=1S/C17H14N4O/c1-11-4-2-5-12(8-11)9-16-19-17(22-21-16)13-6-3-7-15-14(13)10-18-20-15/h2-8,10H,9H2,1H3,(H,18,20). The monoisotopic (exact) mass is 290 g/mol. The highest BCUT2D eigenvalue weighted by Gasteiger charge is 2.13. The topological polar surface area (TPSA) is 67.6 Å². The van der Waals surface area contributed by atoms with Crippen molar-refractivity contribution in [2.24, 2.45) is 0 Å². The van der Waals surface area contributed by atoms with Crippen molar-refractivity contribution in [2.75, 3.05) is 0 Å². The van der Waals surface area contributed by atoms with Crippen LogP contribution in [0.4, 0.5) is 0 Å². The van der Waals surface area contributed by atoms with Crippen molar-refractivity contribution in [3.05, 3.63) is 65.6 Å². The molecular formula is C17H14N4O. The number of hydrogen-bond acceptors (Lipinski definition) is 4. The van der Waals surface area contributed by atoms with Crippen LogP contribution < -0.4 is 0 Å². The van der Waals surface area contributed by atoms with Crippen molar-refractivity contribution >= 4 is 10.9 Å². The van der Waals surface area contributed by atoms with Crippen LogP contribution in [0.25, 0.3) is 22.4 Å². The summed E-state index contributed by atoms with van der Waals surface area (Å²) in [6, 6.07) is 14.2. The molecular weight excluding hydrogens is 276 g/mol. The lowest BCUT2D eigenvalue weighted by molar-refractivity contribution is 0.424. The van der Waals surface area contributed by atoms with E-state index in [4.69, 9.17) is 4.52 Å². The molecule has 0 aliphatic rings. The summed E-state index contributed by atoms with van der Waals surface area (Å²) < 4.78 is 5.43. The number of benzene rings is 2. The highest BCUT2D eigenvalue weighted by molar-refractivity contribution is 5.91. The molecule has 0 radical (unpaired) electrons. The summed E-state index contributed by atoms with van der Waals surface area (Å²) in [5.41, 5.74) is 4.25. The summed E-state index contributed by atoms with van der Waals surface area (Å²) in [4.78, 5) is 4.52. The molecule has 0 fully saturated rings. The van der Waals surface area contributed by atoms with Crippen LogP contribution in [-0.4, -0.2) is 20.3 Å². The lowest BCUT2D eigenvalue weighted by Gasteiger charge is -1.98. The van der Waals surface area contributed by atoms with E-state index >= 15 is 0 Å². The Kier molecular flexibility index (Phi) is 2.96. The molecule has 0 saturated carbocycles. The molecule has 2 aromatic heterocycles. The molecule has 4 aromatic rings.